The van der Waals surface area contributed by atoms with Gasteiger partial charge in [0.25, 0.3) is 0 Å². The molecule has 1 aromatic heterocycles. The number of pyridine rings is 1. The molecule has 0 bridgehead atoms. The second-order valence-corrected chi connectivity index (χ2v) is 4.14. The molecule has 0 atom stereocenters. The summed E-state index contributed by atoms with van der Waals surface area (Å²) in [6, 6.07) is 7.83. The van der Waals surface area contributed by atoms with Gasteiger partial charge in [0.05, 0.1) is 0 Å². The summed E-state index contributed by atoms with van der Waals surface area (Å²) in [7, 11) is 0. The molecule has 0 spiro atoms. The predicted octanol–water partition coefficient (Wildman–Crippen LogP) is 3.04. The highest BCUT2D eigenvalue weighted by atomic mass is 16.1. The number of rotatable bonds is 3. The molecule has 16 heavy (non-hydrogen) atoms. The lowest BCUT2D eigenvalue weighted by Crippen LogP contribution is -2.05. The Bertz CT molecular complexity index is 554. The van der Waals surface area contributed by atoms with E-state index < -0.39 is 0 Å². The highest BCUT2D eigenvalue weighted by Crippen LogP contribution is 2.12. The molecule has 2 aromatic rings. The summed E-state index contributed by atoms with van der Waals surface area (Å²) in [6.07, 6.45) is 3.00. The molecule has 1 aromatic carbocycles. The fourth-order valence-corrected chi connectivity index (χ4v) is 1.98. The standard InChI is InChI=1S/C14H17NO/c1-3-5-10-6-7-13-12(8-10)14(16)9-11(4-2)15-13/h6-9H,3-5H2,1-2H3,(H,15,16). The molecule has 0 aliphatic rings. The third-order valence-corrected chi connectivity index (χ3v) is 2.87. The number of benzene rings is 1. The van der Waals surface area contributed by atoms with Gasteiger partial charge in [0.15, 0.2) is 5.43 Å². The summed E-state index contributed by atoms with van der Waals surface area (Å²) < 4.78 is 0. The summed E-state index contributed by atoms with van der Waals surface area (Å²) in [6.45, 7) is 4.19. The van der Waals surface area contributed by atoms with E-state index in [-0.39, 0.29) is 5.43 Å². The molecule has 0 unspecified atom stereocenters. The highest BCUT2D eigenvalue weighted by molar-refractivity contribution is 5.79. The molecule has 2 nitrogen and oxygen atoms in total. The zero-order chi connectivity index (χ0) is 11.5. The Morgan fingerprint density at radius 1 is 1.19 bits per heavy atom. The van der Waals surface area contributed by atoms with Gasteiger partial charge in [-0.1, -0.05) is 26.3 Å². The van der Waals surface area contributed by atoms with E-state index in [0.29, 0.717) is 0 Å². The number of H-pyrrole nitrogens is 1. The molecule has 0 radical (unpaired) electrons. The van der Waals surface area contributed by atoms with E-state index in [4.69, 9.17) is 0 Å². The minimum atomic E-state index is 0.128. The van der Waals surface area contributed by atoms with Crippen LogP contribution in [0.4, 0.5) is 0 Å². The fourth-order valence-electron chi connectivity index (χ4n) is 1.98. The van der Waals surface area contributed by atoms with Crippen LogP contribution in [0.15, 0.2) is 29.1 Å². The Balaban J connectivity index is 2.61. The van der Waals surface area contributed by atoms with Gasteiger partial charge >= 0.3 is 0 Å². The third-order valence-electron chi connectivity index (χ3n) is 2.87. The van der Waals surface area contributed by atoms with Crippen LogP contribution in [0.3, 0.4) is 0 Å². The first-order valence-corrected chi connectivity index (χ1v) is 5.89. The summed E-state index contributed by atoms with van der Waals surface area (Å²) in [5.74, 6) is 0. The molecule has 2 rings (SSSR count). The second-order valence-electron chi connectivity index (χ2n) is 4.14. The monoisotopic (exact) mass is 215 g/mol. The zero-order valence-electron chi connectivity index (χ0n) is 9.84. The predicted molar refractivity (Wildman–Crippen MR) is 67.9 cm³/mol. The molecule has 0 aliphatic carbocycles. The van der Waals surface area contributed by atoms with Crippen molar-refractivity contribution in [2.24, 2.45) is 0 Å². The Morgan fingerprint density at radius 2 is 2.00 bits per heavy atom. The van der Waals surface area contributed by atoms with Gasteiger partial charge in [0, 0.05) is 22.7 Å². The first kappa shape index (κ1) is 10.9. The van der Waals surface area contributed by atoms with Crippen molar-refractivity contribution < 1.29 is 0 Å². The van der Waals surface area contributed by atoms with Crippen LogP contribution in [0.1, 0.15) is 31.5 Å². The van der Waals surface area contributed by atoms with Gasteiger partial charge in [0.2, 0.25) is 0 Å². The largest absolute Gasteiger partial charge is 0.358 e. The number of fused-ring (bicyclic) bond motifs is 1. The number of aromatic nitrogens is 1. The molecule has 0 fully saturated rings. The number of aryl methyl sites for hydroxylation is 2. The van der Waals surface area contributed by atoms with Crippen molar-refractivity contribution in [3.8, 4) is 0 Å². The summed E-state index contributed by atoms with van der Waals surface area (Å²) >= 11 is 0. The molecule has 0 aliphatic heterocycles. The van der Waals surface area contributed by atoms with Crippen LogP contribution in [-0.2, 0) is 12.8 Å². The van der Waals surface area contributed by atoms with Gasteiger partial charge in [-0.3, -0.25) is 4.79 Å². The average molecular weight is 215 g/mol. The molecule has 0 amide bonds. The van der Waals surface area contributed by atoms with Crippen LogP contribution < -0.4 is 5.43 Å². The minimum absolute atomic E-state index is 0.128. The van der Waals surface area contributed by atoms with Crippen molar-refractivity contribution in [3.63, 3.8) is 0 Å². The third kappa shape index (κ3) is 2.01. The van der Waals surface area contributed by atoms with E-state index in [9.17, 15) is 4.79 Å². The van der Waals surface area contributed by atoms with Gasteiger partial charge in [-0.15, -0.1) is 0 Å². The Kier molecular flexibility index (Phi) is 3.09. The molecule has 0 saturated heterocycles. The van der Waals surface area contributed by atoms with E-state index in [1.54, 1.807) is 6.07 Å². The van der Waals surface area contributed by atoms with Crippen molar-refractivity contribution in [2.75, 3.05) is 0 Å². The zero-order valence-corrected chi connectivity index (χ0v) is 9.84. The lowest BCUT2D eigenvalue weighted by Gasteiger charge is -2.04. The van der Waals surface area contributed by atoms with E-state index >= 15 is 0 Å². The first-order valence-electron chi connectivity index (χ1n) is 5.89. The normalized spacial score (nSPS) is 10.9. The topological polar surface area (TPSA) is 32.9 Å². The Morgan fingerprint density at radius 3 is 2.69 bits per heavy atom. The molecule has 84 valence electrons. The maximum Gasteiger partial charge on any atom is 0.189 e. The number of hydrogen-bond donors (Lipinski definition) is 1. The van der Waals surface area contributed by atoms with Crippen LogP contribution in [-0.4, -0.2) is 4.98 Å². The maximum absolute atomic E-state index is 11.9. The van der Waals surface area contributed by atoms with Gasteiger partial charge in [-0.2, -0.15) is 0 Å². The average Bonchev–Trinajstić information content (AvgIpc) is 2.30. The second kappa shape index (κ2) is 4.52. The number of aromatic amines is 1. The SMILES string of the molecule is CCCc1ccc2[nH]c(CC)cc(=O)c2c1. The van der Waals surface area contributed by atoms with E-state index in [0.717, 1.165) is 35.9 Å². The molecule has 1 heterocycles. The summed E-state index contributed by atoms with van der Waals surface area (Å²) in [5, 5.41) is 0.808. The van der Waals surface area contributed by atoms with Crippen molar-refractivity contribution in [2.45, 2.75) is 33.1 Å². The van der Waals surface area contributed by atoms with Gasteiger partial charge < -0.3 is 4.98 Å². The van der Waals surface area contributed by atoms with E-state index in [1.807, 2.05) is 19.1 Å². The molecule has 2 heteroatoms. The lowest BCUT2D eigenvalue weighted by molar-refractivity contribution is 0.923. The Labute approximate surface area is 95.3 Å². The molecular weight excluding hydrogens is 198 g/mol. The number of nitrogens with one attached hydrogen (secondary N) is 1. The van der Waals surface area contributed by atoms with Crippen molar-refractivity contribution in [3.05, 3.63) is 45.7 Å². The van der Waals surface area contributed by atoms with Gasteiger partial charge in [0.1, 0.15) is 0 Å². The fraction of sp³-hybridized carbons (Fsp3) is 0.357. The van der Waals surface area contributed by atoms with Crippen LogP contribution in [0.2, 0.25) is 0 Å². The van der Waals surface area contributed by atoms with Crippen LogP contribution in [0.25, 0.3) is 10.9 Å². The summed E-state index contributed by atoms with van der Waals surface area (Å²) in [4.78, 5) is 15.2. The van der Waals surface area contributed by atoms with Gasteiger partial charge in [-0.25, -0.2) is 0 Å². The van der Waals surface area contributed by atoms with Crippen LogP contribution in [0, 0.1) is 0 Å². The van der Waals surface area contributed by atoms with Crippen molar-refractivity contribution >= 4 is 10.9 Å². The lowest BCUT2D eigenvalue weighted by atomic mass is 10.1. The molecule has 1 N–H and O–H groups in total. The quantitative estimate of drug-likeness (QED) is 0.838. The van der Waals surface area contributed by atoms with E-state index in [1.165, 1.54) is 5.56 Å². The minimum Gasteiger partial charge on any atom is -0.358 e. The van der Waals surface area contributed by atoms with Crippen molar-refractivity contribution in [1.29, 1.82) is 0 Å². The van der Waals surface area contributed by atoms with E-state index in [2.05, 4.69) is 18.0 Å². The summed E-state index contributed by atoms with van der Waals surface area (Å²) in [5.41, 5.74) is 3.32. The molecular formula is C14H17NO. The maximum atomic E-state index is 11.9. The smallest absolute Gasteiger partial charge is 0.189 e. The molecule has 0 saturated carbocycles. The van der Waals surface area contributed by atoms with Crippen LogP contribution >= 0.6 is 0 Å². The van der Waals surface area contributed by atoms with Crippen LogP contribution in [0.5, 0.6) is 0 Å². The first-order chi connectivity index (χ1) is 7.74. The van der Waals surface area contributed by atoms with Gasteiger partial charge in [-0.05, 0) is 30.5 Å². The Hall–Kier alpha value is -1.57. The highest BCUT2D eigenvalue weighted by Gasteiger charge is 2.02. The number of hydrogen-bond acceptors (Lipinski definition) is 1. The van der Waals surface area contributed by atoms with Crippen molar-refractivity contribution in [1.82, 2.24) is 4.98 Å².